The van der Waals surface area contributed by atoms with Crippen LogP contribution in [0.3, 0.4) is 0 Å². The number of rotatable bonds is 14. The minimum absolute atomic E-state index is 0.0256. The number of aliphatic hydroxyl groups is 3. The van der Waals surface area contributed by atoms with Crippen LogP contribution >= 0.6 is 0 Å². The third kappa shape index (κ3) is 7.77. The van der Waals surface area contributed by atoms with E-state index in [1.54, 1.807) is 55.6 Å². The Bertz CT molecular complexity index is 2360. The summed E-state index contributed by atoms with van der Waals surface area (Å²) in [6.45, 7) is 6.07. The second-order valence-corrected chi connectivity index (χ2v) is 18.5. The van der Waals surface area contributed by atoms with E-state index < -0.39 is 107 Å². The second kappa shape index (κ2) is 17.3. The number of amides is 4. The predicted molar refractivity (Wildman–Crippen MR) is 231 cm³/mol. The first kappa shape index (κ1) is 45.9. The third-order valence-electron chi connectivity index (χ3n) is 14.8. The van der Waals surface area contributed by atoms with Gasteiger partial charge in [-0.25, -0.2) is 9.37 Å². The minimum atomic E-state index is -2.10. The maximum Gasteiger partial charge on any atom is 0.248 e. The summed E-state index contributed by atoms with van der Waals surface area (Å²) in [5.41, 5.74) is -3.49. The van der Waals surface area contributed by atoms with E-state index in [1.165, 1.54) is 38.2 Å². The van der Waals surface area contributed by atoms with Crippen LogP contribution in [0.25, 0.3) is 0 Å². The van der Waals surface area contributed by atoms with Gasteiger partial charge in [-0.3, -0.25) is 28.8 Å². The predicted octanol–water partition coefficient (Wildman–Crippen LogP) is 2.44. The highest BCUT2D eigenvalue weighted by molar-refractivity contribution is 6.01. The number of ether oxygens (including phenoxy) is 2. The molecule has 3 heterocycles. The SMILES string of the molecule is C[C@H](NC(=O)CCN1C(=O)C=CC1O)C(=O)N[C@@H](C)C(=O)Nc1ccc(CNc2ccc([C@@H]3O[C@@H]4C[C@H]5[C@@H]6CCC7=CC(=O)C=C[C@]7(C)[C@@]6(F)[C@@H](O)C[C@]5(C)[C@]4(C(=O)CO)O3)cn2)cc1. The summed E-state index contributed by atoms with van der Waals surface area (Å²) in [5.74, 6) is -3.33. The number of hydrogen-bond acceptors (Lipinski definition) is 13. The first-order valence-corrected chi connectivity index (χ1v) is 22.0. The Morgan fingerprint density at radius 2 is 1.72 bits per heavy atom. The van der Waals surface area contributed by atoms with Crippen LogP contribution in [0.1, 0.15) is 77.2 Å². The topological polar surface area (TPSA) is 246 Å². The van der Waals surface area contributed by atoms with E-state index in [-0.39, 0.29) is 31.6 Å². The van der Waals surface area contributed by atoms with Crippen molar-refractivity contribution in [3.05, 3.63) is 89.7 Å². The summed E-state index contributed by atoms with van der Waals surface area (Å²) >= 11 is 0. The van der Waals surface area contributed by atoms with Crippen LogP contribution in [0.2, 0.25) is 0 Å². The van der Waals surface area contributed by atoms with Crippen molar-refractivity contribution in [1.82, 2.24) is 20.5 Å². The smallest absolute Gasteiger partial charge is 0.248 e. The van der Waals surface area contributed by atoms with E-state index in [2.05, 4.69) is 26.3 Å². The molecule has 3 saturated carbocycles. The van der Waals surface area contributed by atoms with Crippen molar-refractivity contribution < 1.29 is 58.0 Å². The van der Waals surface area contributed by atoms with Crippen LogP contribution in [0.15, 0.2) is 78.5 Å². The normalized spacial score (nSPS) is 34.1. The zero-order valence-corrected chi connectivity index (χ0v) is 36.6. The molecule has 12 atom stereocenters. The summed E-state index contributed by atoms with van der Waals surface area (Å²) in [4.78, 5) is 81.4. The molecule has 7 N–H and O–H groups in total. The average Bonchev–Trinajstić information content (AvgIpc) is 3.91. The molecule has 8 rings (SSSR count). The number of anilines is 2. The fourth-order valence-corrected chi connectivity index (χ4v) is 11.3. The number of Topliss-reactive ketones (excluding diaryl/α,β-unsaturated/α-hetero) is 1. The molecule has 1 aromatic carbocycles. The van der Waals surface area contributed by atoms with Crippen molar-refractivity contribution in [1.29, 1.82) is 0 Å². The van der Waals surface area contributed by atoms with Crippen molar-refractivity contribution in [2.75, 3.05) is 23.8 Å². The van der Waals surface area contributed by atoms with E-state index >= 15 is 4.39 Å². The van der Waals surface area contributed by atoms with Crippen LogP contribution in [0.5, 0.6) is 0 Å². The van der Waals surface area contributed by atoms with Gasteiger partial charge in [0.05, 0.1) is 12.2 Å². The lowest BCUT2D eigenvalue weighted by atomic mass is 9.44. The summed E-state index contributed by atoms with van der Waals surface area (Å²) in [7, 11) is 0. The van der Waals surface area contributed by atoms with E-state index in [9.17, 15) is 44.1 Å². The maximum absolute atomic E-state index is 17.7. The molecule has 4 aliphatic carbocycles. The average molecular weight is 899 g/mol. The first-order valence-electron chi connectivity index (χ1n) is 22.0. The fourth-order valence-electron chi connectivity index (χ4n) is 11.3. The molecule has 0 radical (unpaired) electrons. The van der Waals surface area contributed by atoms with Gasteiger partial charge in [0.25, 0.3) is 0 Å². The number of carbonyl (C=O) groups excluding carboxylic acids is 6. The zero-order chi connectivity index (χ0) is 46.6. The molecule has 1 saturated heterocycles. The lowest BCUT2D eigenvalue weighted by Gasteiger charge is -2.62. The number of nitrogens with one attached hydrogen (secondary N) is 4. The molecule has 4 amide bonds. The Kier molecular flexibility index (Phi) is 12.2. The zero-order valence-electron chi connectivity index (χ0n) is 36.6. The van der Waals surface area contributed by atoms with Crippen molar-refractivity contribution >= 4 is 46.7 Å². The molecule has 18 heteroatoms. The van der Waals surface area contributed by atoms with Crippen LogP contribution in [0, 0.1) is 22.7 Å². The molecule has 1 aromatic heterocycles. The number of aliphatic hydroxyl groups excluding tert-OH is 3. The molecule has 65 heavy (non-hydrogen) atoms. The quantitative estimate of drug-likeness (QED) is 0.144. The Labute approximate surface area is 374 Å². The highest BCUT2D eigenvalue weighted by Crippen LogP contribution is 2.72. The van der Waals surface area contributed by atoms with E-state index in [4.69, 9.17) is 9.47 Å². The molecule has 1 unspecified atom stereocenters. The first-order chi connectivity index (χ1) is 30.8. The summed E-state index contributed by atoms with van der Waals surface area (Å²) in [6.07, 6.45) is 5.00. The Hall–Kier alpha value is -5.66. The van der Waals surface area contributed by atoms with E-state index in [0.29, 0.717) is 42.0 Å². The van der Waals surface area contributed by atoms with Gasteiger partial charge >= 0.3 is 0 Å². The molecule has 2 aromatic rings. The van der Waals surface area contributed by atoms with Crippen LogP contribution in [-0.4, -0.2) is 115 Å². The highest BCUT2D eigenvalue weighted by atomic mass is 19.1. The largest absolute Gasteiger partial charge is 0.390 e. The standard InChI is InChI=1S/C47H55FN6O11/c1-25(51-38(59)16-18-54-39(60)13-14-40(54)61)41(62)52-26(2)42(63)53-30-9-5-27(6-10-30)22-49-37-12-7-28(23-50-37)43-64-36-20-33-32-11-8-29-19-31(56)15-17-44(29,3)46(32,48)34(57)21-45(33,4)47(36,65-43)35(58)24-55/h5-7,9-10,12-15,17,19,23,25-26,32-34,36,39,43,55,57,60H,8,11,16,18,20-22,24H2,1-4H3,(H,49,50)(H,51,59)(H,52,62)(H,53,63)/t25-,26-,32-,33-,34-,36+,39?,43+,44-,45-,46-,47+/m0/s1. The highest BCUT2D eigenvalue weighted by Gasteiger charge is 2.79. The summed E-state index contributed by atoms with van der Waals surface area (Å²) in [5, 5.41) is 43.0. The van der Waals surface area contributed by atoms with Gasteiger partial charge in [0.2, 0.25) is 23.6 Å². The van der Waals surface area contributed by atoms with Crippen LogP contribution in [0.4, 0.5) is 15.9 Å². The monoisotopic (exact) mass is 898 g/mol. The maximum atomic E-state index is 17.7. The number of halogens is 1. The third-order valence-corrected chi connectivity index (χ3v) is 14.8. The van der Waals surface area contributed by atoms with Crippen molar-refractivity contribution in [2.45, 2.75) is 114 Å². The number of pyridine rings is 1. The van der Waals surface area contributed by atoms with E-state index in [0.717, 1.165) is 10.5 Å². The summed E-state index contributed by atoms with van der Waals surface area (Å²) < 4.78 is 30.8. The lowest BCUT2D eigenvalue weighted by Crippen LogP contribution is -2.69. The number of benzene rings is 1. The second-order valence-electron chi connectivity index (χ2n) is 18.5. The number of nitrogens with zero attached hydrogens (tertiary/aromatic N) is 2. The number of alkyl halides is 1. The number of aromatic nitrogens is 1. The molecule has 4 fully saturated rings. The number of carbonyl (C=O) groups is 6. The van der Waals surface area contributed by atoms with Crippen molar-refractivity contribution in [3.8, 4) is 0 Å². The Balaban J connectivity index is 0.834. The summed E-state index contributed by atoms with van der Waals surface area (Å²) in [6, 6.07) is 8.60. The van der Waals surface area contributed by atoms with Crippen LogP contribution < -0.4 is 21.3 Å². The lowest BCUT2D eigenvalue weighted by molar-refractivity contribution is -0.231. The Morgan fingerprint density at radius 3 is 2.40 bits per heavy atom. The van der Waals surface area contributed by atoms with Gasteiger partial charge < -0.3 is 51.0 Å². The molecular formula is C47H55FN6O11. The van der Waals surface area contributed by atoms with Gasteiger partial charge in [-0.05, 0) is 100 Å². The van der Waals surface area contributed by atoms with Crippen molar-refractivity contribution in [2.24, 2.45) is 22.7 Å². The molecule has 0 bridgehead atoms. The van der Waals surface area contributed by atoms with Gasteiger partial charge in [0, 0.05) is 59.8 Å². The van der Waals surface area contributed by atoms with Gasteiger partial charge in [-0.1, -0.05) is 30.7 Å². The molecule has 346 valence electrons. The molecule has 6 aliphatic rings. The van der Waals surface area contributed by atoms with Gasteiger partial charge in [-0.2, -0.15) is 0 Å². The Morgan fingerprint density at radius 1 is 0.985 bits per heavy atom. The molecule has 17 nitrogen and oxygen atoms in total. The van der Waals surface area contributed by atoms with Gasteiger partial charge in [0.1, 0.15) is 30.7 Å². The van der Waals surface area contributed by atoms with Crippen molar-refractivity contribution in [3.63, 3.8) is 0 Å². The van der Waals surface area contributed by atoms with Gasteiger partial charge in [-0.15, -0.1) is 0 Å². The fraction of sp³-hybridized carbons (Fsp3) is 0.511. The molecule has 2 aliphatic heterocycles. The number of fused-ring (bicyclic) bond motifs is 7. The molecular weight excluding hydrogens is 844 g/mol. The minimum Gasteiger partial charge on any atom is -0.390 e. The number of ketones is 2. The van der Waals surface area contributed by atoms with E-state index in [1.807, 2.05) is 6.92 Å². The molecule has 0 spiro atoms. The number of hydrogen-bond donors (Lipinski definition) is 7. The number of allylic oxidation sites excluding steroid dienone is 4. The van der Waals surface area contributed by atoms with Gasteiger partial charge in [0.15, 0.2) is 29.1 Å². The van der Waals surface area contributed by atoms with Crippen LogP contribution in [-0.2, 0) is 44.8 Å².